The molecule has 1 aromatic heterocycles. The van der Waals surface area contributed by atoms with Gasteiger partial charge in [0.2, 0.25) is 0 Å². The van der Waals surface area contributed by atoms with E-state index >= 15 is 0 Å². The zero-order chi connectivity index (χ0) is 19.8. The van der Waals surface area contributed by atoms with Gasteiger partial charge in [0.1, 0.15) is 5.69 Å². The maximum absolute atomic E-state index is 13.2. The molecule has 144 valence electrons. The SMILES string of the molecule is Cc1c(N2C(=O)/C(=C/[C@@H]3CC=CCC3)SC2=S)c(=O)n(-c2ccccc2)n1C. The highest BCUT2D eigenvalue weighted by Gasteiger charge is 2.38. The summed E-state index contributed by atoms with van der Waals surface area (Å²) in [5.41, 5.74) is 1.54. The third kappa shape index (κ3) is 3.18. The first-order valence-electron chi connectivity index (χ1n) is 9.26. The Bertz CT molecular complexity index is 1060. The third-order valence-corrected chi connectivity index (χ3v) is 6.56. The fourth-order valence-electron chi connectivity index (χ4n) is 3.67. The van der Waals surface area contributed by atoms with E-state index in [1.807, 2.05) is 50.4 Å². The summed E-state index contributed by atoms with van der Waals surface area (Å²) in [6, 6.07) is 9.39. The summed E-state index contributed by atoms with van der Waals surface area (Å²) in [5.74, 6) is 0.146. The van der Waals surface area contributed by atoms with Crippen molar-refractivity contribution < 1.29 is 4.79 Å². The van der Waals surface area contributed by atoms with Crippen LogP contribution in [0, 0.1) is 12.8 Å². The van der Waals surface area contributed by atoms with Crippen molar-refractivity contribution in [3.05, 3.63) is 69.5 Å². The monoisotopic (exact) mass is 411 g/mol. The number of nitrogens with zero attached hydrogens (tertiary/aromatic N) is 3. The molecule has 0 spiro atoms. The average molecular weight is 412 g/mol. The number of amides is 1. The molecule has 2 heterocycles. The molecule has 5 nitrogen and oxygen atoms in total. The van der Waals surface area contributed by atoms with E-state index in [4.69, 9.17) is 12.2 Å². The molecule has 1 atom stereocenters. The van der Waals surface area contributed by atoms with Crippen LogP contribution in [-0.2, 0) is 11.8 Å². The van der Waals surface area contributed by atoms with E-state index in [2.05, 4.69) is 12.2 Å². The van der Waals surface area contributed by atoms with Crippen molar-refractivity contribution in [3.63, 3.8) is 0 Å². The van der Waals surface area contributed by atoms with Crippen LogP contribution < -0.4 is 10.5 Å². The van der Waals surface area contributed by atoms with Crippen LogP contribution in [0.1, 0.15) is 25.0 Å². The smallest absolute Gasteiger partial charge is 0.283 e. The first kappa shape index (κ1) is 19.0. The molecule has 0 bridgehead atoms. The van der Waals surface area contributed by atoms with Crippen molar-refractivity contribution in [1.82, 2.24) is 9.36 Å². The quantitative estimate of drug-likeness (QED) is 0.434. The molecule has 1 aliphatic carbocycles. The molecule has 1 aliphatic heterocycles. The van der Waals surface area contributed by atoms with Gasteiger partial charge in [0.05, 0.1) is 16.3 Å². The van der Waals surface area contributed by atoms with Crippen LogP contribution in [0.5, 0.6) is 0 Å². The Balaban J connectivity index is 1.74. The average Bonchev–Trinajstić information content (AvgIpc) is 3.09. The minimum atomic E-state index is -0.246. The van der Waals surface area contributed by atoms with Gasteiger partial charge in [0.25, 0.3) is 11.5 Å². The number of thiocarbonyl (C=S) groups is 1. The molecule has 1 amide bonds. The Kier molecular flexibility index (Phi) is 5.12. The Morgan fingerprint density at radius 1 is 1.18 bits per heavy atom. The van der Waals surface area contributed by atoms with E-state index in [0.29, 0.717) is 26.5 Å². The summed E-state index contributed by atoms with van der Waals surface area (Å²) in [6.45, 7) is 1.84. The normalized spacial score (nSPS) is 21.1. The summed E-state index contributed by atoms with van der Waals surface area (Å²) in [6.07, 6.45) is 9.36. The molecule has 0 unspecified atom stereocenters. The summed E-state index contributed by atoms with van der Waals surface area (Å²) in [5, 5.41) is 0. The van der Waals surface area contributed by atoms with Gasteiger partial charge in [-0.25, -0.2) is 4.68 Å². The van der Waals surface area contributed by atoms with Crippen molar-refractivity contribution in [2.45, 2.75) is 26.2 Å². The second-order valence-corrected chi connectivity index (χ2v) is 8.67. The second kappa shape index (κ2) is 7.56. The summed E-state index contributed by atoms with van der Waals surface area (Å²) in [7, 11) is 1.81. The van der Waals surface area contributed by atoms with Gasteiger partial charge in [-0.05, 0) is 44.2 Å². The number of allylic oxidation sites excluding steroid dienone is 3. The highest BCUT2D eigenvalue weighted by atomic mass is 32.2. The third-order valence-electron chi connectivity index (χ3n) is 5.24. The standard InChI is InChI=1S/C21H21N3O2S2/c1-14-18(20(26)24(22(14)2)16-11-7-4-8-12-16)23-19(25)17(28-21(23)27)13-15-9-5-3-6-10-15/h3-5,7-8,11-13,15H,6,9-10H2,1-2H3/b17-13-/t15-/m1/s1. The maximum Gasteiger partial charge on any atom is 0.296 e. The number of carbonyl (C=O) groups excluding carboxylic acids is 1. The van der Waals surface area contributed by atoms with E-state index in [1.165, 1.54) is 16.7 Å². The van der Waals surface area contributed by atoms with Gasteiger partial charge < -0.3 is 0 Å². The number of aromatic nitrogens is 2. The molecular formula is C21H21N3O2S2. The zero-order valence-corrected chi connectivity index (χ0v) is 17.4. The zero-order valence-electron chi connectivity index (χ0n) is 15.8. The number of rotatable bonds is 3. The van der Waals surface area contributed by atoms with Crippen LogP contribution in [0.2, 0.25) is 0 Å². The number of para-hydroxylation sites is 1. The number of thioether (sulfide) groups is 1. The number of anilines is 1. The van der Waals surface area contributed by atoms with Gasteiger partial charge >= 0.3 is 0 Å². The second-order valence-electron chi connectivity index (χ2n) is 6.99. The molecule has 7 heteroatoms. The van der Waals surface area contributed by atoms with Gasteiger partial charge in [0.15, 0.2) is 4.32 Å². The van der Waals surface area contributed by atoms with Gasteiger partial charge in [-0.3, -0.25) is 19.2 Å². The van der Waals surface area contributed by atoms with Crippen LogP contribution in [-0.4, -0.2) is 19.6 Å². The molecule has 28 heavy (non-hydrogen) atoms. The van der Waals surface area contributed by atoms with Crippen LogP contribution in [0.3, 0.4) is 0 Å². The maximum atomic E-state index is 13.2. The Morgan fingerprint density at radius 3 is 2.61 bits per heavy atom. The molecule has 1 saturated heterocycles. The number of hydrogen-bond acceptors (Lipinski definition) is 4. The van der Waals surface area contributed by atoms with Crippen molar-refractivity contribution in [2.75, 3.05) is 4.90 Å². The van der Waals surface area contributed by atoms with E-state index < -0.39 is 0 Å². The minimum Gasteiger partial charge on any atom is -0.283 e. The number of benzene rings is 1. The lowest BCUT2D eigenvalue weighted by molar-refractivity contribution is -0.113. The molecule has 1 aromatic carbocycles. The van der Waals surface area contributed by atoms with Crippen LogP contribution in [0.15, 0.2) is 58.3 Å². The fraction of sp³-hybridized carbons (Fsp3) is 0.286. The fourth-order valence-corrected chi connectivity index (χ4v) is 5.00. The number of carbonyl (C=O) groups is 1. The molecular weight excluding hydrogens is 390 g/mol. The van der Waals surface area contributed by atoms with Crippen LogP contribution >= 0.6 is 24.0 Å². The Morgan fingerprint density at radius 2 is 1.93 bits per heavy atom. The Labute approximate surface area is 173 Å². The van der Waals surface area contributed by atoms with E-state index in [-0.39, 0.29) is 11.5 Å². The summed E-state index contributed by atoms with van der Waals surface area (Å²) >= 11 is 6.77. The lowest BCUT2D eigenvalue weighted by Gasteiger charge is -2.14. The van der Waals surface area contributed by atoms with Crippen molar-refractivity contribution in [1.29, 1.82) is 0 Å². The van der Waals surface area contributed by atoms with Gasteiger partial charge in [-0.15, -0.1) is 0 Å². The molecule has 1 fully saturated rings. The molecule has 2 aliphatic rings. The predicted octanol–water partition coefficient (Wildman–Crippen LogP) is 4.09. The highest BCUT2D eigenvalue weighted by molar-refractivity contribution is 8.27. The largest absolute Gasteiger partial charge is 0.296 e. The topological polar surface area (TPSA) is 47.2 Å². The molecule has 0 saturated carbocycles. The van der Waals surface area contributed by atoms with Crippen molar-refractivity contribution in [2.24, 2.45) is 13.0 Å². The van der Waals surface area contributed by atoms with Crippen molar-refractivity contribution in [3.8, 4) is 5.69 Å². The highest BCUT2D eigenvalue weighted by Crippen LogP contribution is 2.37. The first-order valence-corrected chi connectivity index (χ1v) is 10.5. The van der Waals surface area contributed by atoms with Crippen LogP contribution in [0.4, 0.5) is 5.69 Å². The molecule has 0 N–H and O–H groups in total. The van der Waals surface area contributed by atoms with Gasteiger partial charge in [-0.1, -0.05) is 60.4 Å². The van der Waals surface area contributed by atoms with E-state index in [1.54, 1.807) is 9.36 Å². The van der Waals surface area contributed by atoms with Gasteiger partial charge in [-0.2, -0.15) is 0 Å². The summed E-state index contributed by atoms with van der Waals surface area (Å²) in [4.78, 5) is 28.4. The van der Waals surface area contributed by atoms with E-state index in [0.717, 1.165) is 24.9 Å². The Hall–Kier alpha value is -2.38. The number of hydrogen-bond donors (Lipinski definition) is 0. The lowest BCUT2D eigenvalue weighted by atomic mass is 9.94. The van der Waals surface area contributed by atoms with E-state index in [9.17, 15) is 9.59 Å². The first-order chi connectivity index (χ1) is 13.5. The van der Waals surface area contributed by atoms with Crippen molar-refractivity contribution >= 4 is 39.9 Å². The summed E-state index contributed by atoms with van der Waals surface area (Å²) < 4.78 is 3.74. The van der Waals surface area contributed by atoms with Crippen LogP contribution in [0.25, 0.3) is 5.69 Å². The molecule has 0 radical (unpaired) electrons. The predicted molar refractivity (Wildman–Crippen MR) is 118 cm³/mol. The minimum absolute atomic E-state index is 0.199. The lowest BCUT2D eigenvalue weighted by Crippen LogP contribution is -2.33. The molecule has 2 aromatic rings. The van der Waals surface area contributed by atoms with Gasteiger partial charge in [0, 0.05) is 7.05 Å². The molecule has 4 rings (SSSR count).